The summed E-state index contributed by atoms with van der Waals surface area (Å²) in [6.45, 7) is 0.526. The van der Waals surface area contributed by atoms with Crippen LogP contribution in [0.1, 0.15) is 12.0 Å². The Kier molecular flexibility index (Phi) is 5.86. The van der Waals surface area contributed by atoms with Gasteiger partial charge >= 0.3 is 0 Å². The molecular formula is C18H21NO4. The SMILES string of the molecule is COC1=C(O)C=CC(/C=C/C(=O)NCCc2ccc(O)cc2)C1. The van der Waals surface area contributed by atoms with E-state index >= 15 is 0 Å². The second kappa shape index (κ2) is 8.08. The van der Waals surface area contributed by atoms with E-state index in [2.05, 4.69) is 5.32 Å². The largest absolute Gasteiger partial charge is 0.508 e. The van der Waals surface area contributed by atoms with Crippen molar-refractivity contribution in [2.45, 2.75) is 12.8 Å². The molecule has 1 aliphatic carbocycles. The molecule has 0 radical (unpaired) electrons. The van der Waals surface area contributed by atoms with E-state index in [0.29, 0.717) is 25.1 Å². The number of phenols is 1. The number of rotatable bonds is 6. The third-order valence-corrected chi connectivity index (χ3v) is 3.60. The minimum atomic E-state index is -0.157. The van der Waals surface area contributed by atoms with Crippen LogP contribution in [0.5, 0.6) is 5.75 Å². The summed E-state index contributed by atoms with van der Waals surface area (Å²) < 4.78 is 5.09. The summed E-state index contributed by atoms with van der Waals surface area (Å²) in [6, 6.07) is 6.91. The van der Waals surface area contributed by atoms with E-state index in [1.807, 2.05) is 18.2 Å². The number of aliphatic hydroxyl groups is 1. The molecule has 3 N–H and O–H groups in total. The third kappa shape index (κ3) is 5.21. The molecule has 1 aromatic rings. The summed E-state index contributed by atoms with van der Waals surface area (Å²) in [5, 5.41) is 21.6. The van der Waals surface area contributed by atoms with Gasteiger partial charge in [0.25, 0.3) is 0 Å². The van der Waals surface area contributed by atoms with Gasteiger partial charge in [-0.1, -0.05) is 24.3 Å². The molecule has 23 heavy (non-hydrogen) atoms. The Morgan fingerprint density at radius 2 is 2.09 bits per heavy atom. The number of carbonyl (C=O) groups is 1. The number of phenolic OH excluding ortho intramolecular Hbond substituents is 1. The second-order valence-corrected chi connectivity index (χ2v) is 5.31. The molecule has 2 rings (SSSR count). The highest BCUT2D eigenvalue weighted by molar-refractivity contribution is 5.87. The standard InChI is InChI=1S/C18H21NO4/c1-23-17-12-14(4-8-16(17)21)5-9-18(22)19-11-10-13-2-6-15(20)7-3-13/h2-9,14,20-21H,10-12H2,1H3,(H,19,22)/b9-5+. The van der Waals surface area contributed by atoms with Crippen LogP contribution in [0.4, 0.5) is 0 Å². The highest BCUT2D eigenvalue weighted by atomic mass is 16.5. The van der Waals surface area contributed by atoms with E-state index < -0.39 is 0 Å². The minimum absolute atomic E-state index is 0.0312. The number of aliphatic hydroxyl groups excluding tert-OH is 1. The van der Waals surface area contributed by atoms with E-state index in [0.717, 1.165) is 5.56 Å². The molecule has 0 fully saturated rings. The molecule has 1 atom stereocenters. The molecule has 1 aliphatic rings. The summed E-state index contributed by atoms with van der Waals surface area (Å²) in [6.07, 6.45) is 7.95. The zero-order chi connectivity index (χ0) is 16.7. The Morgan fingerprint density at radius 1 is 1.35 bits per heavy atom. The van der Waals surface area contributed by atoms with Crippen LogP contribution >= 0.6 is 0 Å². The van der Waals surface area contributed by atoms with Gasteiger partial charge in [-0.15, -0.1) is 0 Å². The predicted molar refractivity (Wildman–Crippen MR) is 87.9 cm³/mol. The molecule has 0 saturated carbocycles. The number of nitrogens with one attached hydrogen (secondary N) is 1. The second-order valence-electron chi connectivity index (χ2n) is 5.31. The highest BCUT2D eigenvalue weighted by Crippen LogP contribution is 2.23. The monoisotopic (exact) mass is 315 g/mol. The van der Waals surface area contributed by atoms with Gasteiger partial charge in [-0.2, -0.15) is 0 Å². The lowest BCUT2D eigenvalue weighted by molar-refractivity contribution is -0.116. The Morgan fingerprint density at radius 3 is 2.78 bits per heavy atom. The topological polar surface area (TPSA) is 78.8 Å². The smallest absolute Gasteiger partial charge is 0.243 e. The Bertz CT molecular complexity index is 629. The third-order valence-electron chi connectivity index (χ3n) is 3.60. The molecule has 0 spiro atoms. The van der Waals surface area contributed by atoms with Crippen molar-refractivity contribution in [3.63, 3.8) is 0 Å². The number of methoxy groups -OCH3 is 1. The number of hydrogen-bond donors (Lipinski definition) is 3. The van der Waals surface area contributed by atoms with Crippen LogP contribution in [0.25, 0.3) is 0 Å². The highest BCUT2D eigenvalue weighted by Gasteiger charge is 2.14. The first kappa shape index (κ1) is 16.7. The average Bonchev–Trinajstić information content (AvgIpc) is 2.56. The van der Waals surface area contributed by atoms with Crippen LogP contribution in [0, 0.1) is 5.92 Å². The van der Waals surface area contributed by atoms with Crippen molar-refractivity contribution >= 4 is 5.91 Å². The van der Waals surface area contributed by atoms with Crippen molar-refractivity contribution in [1.82, 2.24) is 5.32 Å². The lowest BCUT2D eigenvalue weighted by atomic mass is 9.98. The Hall–Kier alpha value is -2.69. The van der Waals surface area contributed by atoms with E-state index in [1.54, 1.807) is 24.3 Å². The molecule has 1 aromatic carbocycles. The normalized spacial score (nSPS) is 17.5. The van der Waals surface area contributed by atoms with Gasteiger partial charge in [0.1, 0.15) is 11.5 Å². The first-order valence-corrected chi connectivity index (χ1v) is 7.46. The van der Waals surface area contributed by atoms with Gasteiger partial charge in [0.15, 0.2) is 5.76 Å². The fraction of sp³-hybridized carbons (Fsp3) is 0.278. The Labute approximate surface area is 135 Å². The van der Waals surface area contributed by atoms with E-state index in [4.69, 9.17) is 4.74 Å². The van der Waals surface area contributed by atoms with Crippen molar-refractivity contribution in [2.24, 2.45) is 5.92 Å². The van der Waals surface area contributed by atoms with Crippen LogP contribution in [0.2, 0.25) is 0 Å². The molecule has 1 amide bonds. The summed E-state index contributed by atoms with van der Waals surface area (Å²) >= 11 is 0. The summed E-state index contributed by atoms with van der Waals surface area (Å²) in [5.74, 6) is 0.765. The number of allylic oxidation sites excluding steroid dienone is 4. The summed E-state index contributed by atoms with van der Waals surface area (Å²) in [5.41, 5.74) is 1.05. The zero-order valence-corrected chi connectivity index (χ0v) is 13.0. The summed E-state index contributed by atoms with van der Waals surface area (Å²) in [4.78, 5) is 11.8. The Balaban J connectivity index is 1.75. The number of carbonyl (C=O) groups excluding carboxylic acids is 1. The van der Waals surface area contributed by atoms with Crippen molar-refractivity contribution in [1.29, 1.82) is 0 Å². The van der Waals surface area contributed by atoms with Gasteiger partial charge in [0.05, 0.1) is 7.11 Å². The van der Waals surface area contributed by atoms with Gasteiger partial charge < -0.3 is 20.3 Å². The number of hydrogen-bond acceptors (Lipinski definition) is 4. The maximum Gasteiger partial charge on any atom is 0.243 e. The van der Waals surface area contributed by atoms with Gasteiger partial charge in [-0.3, -0.25) is 4.79 Å². The number of ether oxygens (including phenoxy) is 1. The molecule has 0 aromatic heterocycles. The van der Waals surface area contributed by atoms with E-state index in [1.165, 1.54) is 13.2 Å². The first-order chi connectivity index (χ1) is 11.1. The van der Waals surface area contributed by atoms with E-state index in [-0.39, 0.29) is 23.3 Å². The van der Waals surface area contributed by atoms with Crippen molar-refractivity contribution < 1.29 is 19.7 Å². The van der Waals surface area contributed by atoms with Crippen LogP contribution in [-0.2, 0) is 16.0 Å². The zero-order valence-electron chi connectivity index (χ0n) is 13.0. The molecule has 5 nitrogen and oxygen atoms in total. The molecular weight excluding hydrogens is 294 g/mol. The molecule has 0 aliphatic heterocycles. The van der Waals surface area contributed by atoms with Gasteiger partial charge in [-0.05, 0) is 36.3 Å². The molecule has 0 saturated heterocycles. The molecule has 0 heterocycles. The molecule has 5 heteroatoms. The van der Waals surface area contributed by atoms with E-state index in [9.17, 15) is 15.0 Å². The lowest BCUT2D eigenvalue weighted by Crippen LogP contribution is -2.23. The fourth-order valence-electron chi connectivity index (χ4n) is 2.28. The predicted octanol–water partition coefficient (Wildman–Crippen LogP) is 2.60. The quantitative estimate of drug-likeness (QED) is 0.705. The first-order valence-electron chi connectivity index (χ1n) is 7.46. The van der Waals surface area contributed by atoms with Gasteiger partial charge in [0, 0.05) is 18.9 Å². The van der Waals surface area contributed by atoms with Gasteiger partial charge in [-0.25, -0.2) is 0 Å². The summed E-state index contributed by atoms with van der Waals surface area (Å²) in [7, 11) is 1.52. The fourth-order valence-corrected chi connectivity index (χ4v) is 2.28. The maximum absolute atomic E-state index is 11.8. The molecule has 1 unspecified atom stereocenters. The van der Waals surface area contributed by atoms with Crippen molar-refractivity contribution in [3.8, 4) is 5.75 Å². The maximum atomic E-state index is 11.8. The lowest BCUT2D eigenvalue weighted by Gasteiger charge is -2.16. The number of amides is 1. The van der Waals surface area contributed by atoms with Crippen LogP contribution in [0.3, 0.4) is 0 Å². The van der Waals surface area contributed by atoms with Crippen LogP contribution in [0.15, 0.2) is 60.1 Å². The average molecular weight is 315 g/mol. The number of benzene rings is 1. The number of aromatic hydroxyl groups is 1. The minimum Gasteiger partial charge on any atom is -0.508 e. The molecule has 122 valence electrons. The van der Waals surface area contributed by atoms with Crippen molar-refractivity contribution in [3.05, 3.63) is 65.7 Å². The van der Waals surface area contributed by atoms with Gasteiger partial charge in [0.2, 0.25) is 5.91 Å². The molecule has 0 bridgehead atoms. The van der Waals surface area contributed by atoms with Crippen LogP contribution in [-0.4, -0.2) is 29.8 Å². The van der Waals surface area contributed by atoms with Crippen molar-refractivity contribution in [2.75, 3.05) is 13.7 Å². The van der Waals surface area contributed by atoms with Crippen LogP contribution < -0.4 is 5.32 Å².